The highest BCUT2D eigenvalue weighted by Gasteiger charge is 2.09. The van der Waals surface area contributed by atoms with Gasteiger partial charge in [-0.3, -0.25) is 0 Å². The van der Waals surface area contributed by atoms with Crippen LogP contribution in [0, 0.1) is 5.82 Å². The first kappa shape index (κ1) is 13.5. The summed E-state index contributed by atoms with van der Waals surface area (Å²) in [5, 5.41) is 7.45. The van der Waals surface area contributed by atoms with Gasteiger partial charge in [0, 0.05) is 18.3 Å². The van der Waals surface area contributed by atoms with E-state index in [4.69, 9.17) is 0 Å². The molecule has 0 radical (unpaired) electrons. The van der Waals surface area contributed by atoms with Gasteiger partial charge in [0.2, 0.25) is 0 Å². The van der Waals surface area contributed by atoms with E-state index in [1.807, 2.05) is 48.3 Å². The highest BCUT2D eigenvalue weighted by molar-refractivity contribution is 5.66. The van der Waals surface area contributed by atoms with E-state index < -0.39 is 0 Å². The van der Waals surface area contributed by atoms with Gasteiger partial charge in [0.15, 0.2) is 0 Å². The minimum Gasteiger partial charge on any atom is -0.316 e. The van der Waals surface area contributed by atoms with Crippen molar-refractivity contribution in [3.8, 4) is 16.8 Å². The van der Waals surface area contributed by atoms with Crippen LogP contribution in [0.1, 0.15) is 5.56 Å². The Kier molecular flexibility index (Phi) is 3.79. The zero-order chi connectivity index (χ0) is 14.7. The van der Waals surface area contributed by atoms with E-state index in [1.165, 1.54) is 6.07 Å². The molecule has 2 aromatic carbocycles. The lowest BCUT2D eigenvalue weighted by molar-refractivity contribution is 0.624. The molecular weight excluding hydrogens is 265 g/mol. The van der Waals surface area contributed by atoms with Crippen molar-refractivity contribution in [1.29, 1.82) is 0 Å². The van der Waals surface area contributed by atoms with Crippen molar-refractivity contribution >= 4 is 0 Å². The molecule has 0 aliphatic rings. The average Bonchev–Trinajstić information content (AvgIpc) is 2.98. The number of hydrogen-bond donors (Lipinski definition) is 1. The van der Waals surface area contributed by atoms with Gasteiger partial charge in [0.05, 0.1) is 11.9 Å². The molecule has 0 spiro atoms. The Balaban J connectivity index is 2.00. The third-order valence-electron chi connectivity index (χ3n) is 3.35. The van der Waals surface area contributed by atoms with Gasteiger partial charge in [-0.15, -0.1) is 0 Å². The molecule has 0 bridgehead atoms. The number of nitrogens with zero attached hydrogens (tertiary/aromatic N) is 2. The van der Waals surface area contributed by atoms with Crippen LogP contribution in [0.2, 0.25) is 0 Å². The summed E-state index contributed by atoms with van der Waals surface area (Å²) < 4.78 is 15.2. The first-order valence-electron chi connectivity index (χ1n) is 6.81. The van der Waals surface area contributed by atoms with Crippen molar-refractivity contribution in [2.75, 3.05) is 7.05 Å². The van der Waals surface area contributed by atoms with Crippen molar-refractivity contribution in [3.63, 3.8) is 0 Å². The lowest BCUT2D eigenvalue weighted by Gasteiger charge is -2.07. The molecule has 0 saturated carbocycles. The molecule has 0 fully saturated rings. The molecular formula is C17H16FN3. The van der Waals surface area contributed by atoms with E-state index in [0.29, 0.717) is 6.54 Å². The quantitative estimate of drug-likeness (QED) is 0.794. The van der Waals surface area contributed by atoms with E-state index in [0.717, 1.165) is 22.4 Å². The minimum absolute atomic E-state index is 0.223. The summed E-state index contributed by atoms with van der Waals surface area (Å²) in [4.78, 5) is 0. The second-order valence-corrected chi connectivity index (χ2v) is 4.84. The lowest BCUT2D eigenvalue weighted by Crippen LogP contribution is -2.06. The molecule has 4 heteroatoms. The lowest BCUT2D eigenvalue weighted by atomic mass is 10.0. The standard InChI is InChI=1S/C17H16FN3/c1-19-10-13-9-15(18)7-8-17(13)14-11-20-21(12-14)16-5-3-2-4-6-16/h2-9,11-12,19H,10H2,1H3. The topological polar surface area (TPSA) is 29.9 Å². The zero-order valence-electron chi connectivity index (χ0n) is 11.8. The number of halogens is 1. The van der Waals surface area contributed by atoms with Gasteiger partial charge in [0.1, 0.15) is 5.82 Å². The number of hydrogen-bond acceptors (Lipinski definition) is 2. The maximum absolute atomic E-state index is 13.4. The van der Waals surface area contributed by atoms with Gasteiger partial charge in [-0.2, -0.15) is 5.10 Å². The van der Waals surface area contributed by atoms with Gasteiger partial charge < -0.3 is 5.32 Å². The van der Waals surface area contributed by atoms with Crippen LogP contribution in [-0.2, 0) is 6.54 Å². The predicted octanol–water partition coefficient (Wildman–Crippen LogP) is 3.40. The van der Waals surface area contributed by atoms with Crippen LogP contribution in [-0.4, -0.2) is 16.8 Å². The normalized spacial score (nSPS) is 10.8. The Morgan fingerprint density at radius 1 is 1.14 bits per heavy atom. The Morgan fingerprint density at radius 2 is 1.95 bits per heavy atom. The molecule has 0 aliphatic carbocycles. The predicted molar refractivity (Wildman–Crippen MR) is 81.7 cm³/mol. The minimum atomic E-state index is -0.223. The largest absolute Gasteiger partial charge is 0.316 e. The number of para-hydroxylation sites is 1. The maximum Gasteiger partial charge on any atom is 0.123 e. The molecule has 3 nitrogen and oxygen atoms in total. The third-order valence-corrected chi connectivity index (χ3v) is 3.35. The van der Waals surface area contributed by atoms with E-state index in [9.17, 15) is 4.39 Å². The molecule has 1 N–H and O–H groups in total. The SMILES string of the molecule is CNCc1cc(F)ccc1-c1cnn(-c2ccccc2)c1. The van der Waals surface area contributed by atoms with E-state index in [-0.39, 0.29) is 5.82 Å². The fraction of sp³-hybridized carbons (Fsp3) is 0.118. The van der Waals surface area contributed by atoms with Crippen molar-refractivity contribution in [1.82, 2.24) is 15.1 Å². The second kappa shape index (κ2) is 5.89. The first-order valence-corrected chi connectivity index (χ1v) is 6.81. The summed E-state index contributed by atoms with van der Waals surface area (Å²) in [5.41, 5.74) is 3.89. The van der Waals surface area contributed by atoms with Gasteiger partial charge in [-0.1, -0.05) is 24.3 Å². The summed E-state index contributed by atoms with van der Waals surface area (Å²) >= 11 is 0. The van der Waals surface area contributed by atoms with Crippen LogP contribution < -0.4 is 5.32 Å². The number of nitrogens with one attached hydrogen (secondary N) is 1. The molecule has 0 atom stereocenters. The molecule has 3 aromatic rings. The van der Waals surface area contributed by atoms with Crippen molar-refractivity contribution < 1.29 is 4.39 Å². The van der Waals surface area contributed by atoms with Gasteiger partial charge in [-0.05, 0) is 42.4 Å². The summed E-state index contributed by atoms with van der Waals surface area (Å²) in [6, 6.07) is 14.8. The Hall–Kier alpha value is -2.46. The van der Waals surface area contributed by atoms with Crippen LogP contribution in [0.15, 0.2) is 60.9 Å². The van der Waals surface area contributed by atoms with Crippen molar-refractivity contribution in [3.05, 3.63) is 72.3 Å². The van der Waals surface area contributed by atoms with Gasteiger partial charge in [0.25, 0.3) is 0 Å². The second-order valence-electron chi connectivity index (χ2n) is 4.84. The number of aromatic nitrogens is 2. The highest BCUT2D eigenvalue weighted by atomic mass is 19.1. The molecule has 1 heterocycles. The zero-order valence-corrected chi connectivity index (χ0v) is 11.8. The monoisotopic (exact) mass is 281 g/mol. The number of rotatable bonds is 4. The van der Waals surface area contributed by atoms with E-state index in [2.05, 4.69) is 10.4 Å². The molecule has 0 saturated heterocycles. The molecule has 3 rings (SSSR count). The van der Waals surface area contributed by atoms with Crippen LogP contribution >= 0.6 is 0 Å². The molecule has 0 unspecified atom stereocenters. The maximum atomic E-state index is 13.4. The molecule has 21 heavy (non-hydrogen) atoms. The summed E-state index contributed by atoms with van der Waals surface area (Å²) in [7, 11) is 1.85. The Labute approximate surface area is 123 Å². The first-order chi connectivity index (χ1) is 10.3. The Morgan fingerprint density at radius 3 is 2.71 bits per heavy atom. The van der Waals surface area contributed by atoms with Crippen LogP contribution in [0.4, 0.5) is 4.39 Å². The molecule has 0 aliphatic heterocycles. The smallest absolute Gasteiger partial charge is 0.123 e. The summed E-state index contributed by atoms with van der Waals surface area (Å²) in [6.07, 6.45) is 3.77. The van der Waals surface area contributed by atoms with Crippen LogP contribution in [0.5, 0.6) is 0 Å². The highest BCUT2D eigenvalue weighted by Crippen LogP contribution is 2.25. The molecule has 1 aromatic heterocycles. The van der Waals surface area contributed by atoms with Crippen molar-refractivity contribution in [2.24, 2.45) is 0 Å². The summed E-state index contributed by atoms with van der Waals surface area (Å²) in [6.45, 7) is 0.615. The van der Waals surface area contributed by atoms with Crippen LogP contribution in [0.3, 0.4) is 0 Å². The fourth-order valence-electron chi connectivity index (χ4n) is 2.36. The van der Waals surface area contributed by atoms with Crippen molar-refractivity contribution in [2.45, 2.75) is 6.54 Å². The van der Waals surface area contributed by atoms with E-state index in [1.54, 1.807) is 18.3 Å². The number of benzene rings is 2. The van der Waals surface area contributed by atoms with E-state index >= 15 is 0 Å². The van der Waals surface area contributed by atoms with Gasteiger partial charge in [-0.25, -0.2) is 9.07 Å². The fourth-order valence-corrected chi connectivity index (χ4v) is 2.36. The molecule has 106 valence electrons. The summed E-state index contributed by atoms with van der Waals surface area (Å²) in [5.74, 6) is -0.223. The average molecular weight is 281 g/mol. The third kappa shape index (κ3) is 2.85. The van der Waals surface area contributed by atoms with Gasteiger partial charge >= 0.3 is 0 Å². The Bertz CT molecular complexity index is 735. The molecule has 0 amide bonds. The van der Waals surface area contributed by atoms with Crippen LogP contribution in [0.25, 0.3) is 16.8 Å².